The molecule has 1 heterocycles. The summed E-state index contributed by atoms with van der Waals surface area (Å²) in [6, 6.07) is 27.3. The van der Waals surface area contributed by atoms with Gasteiger partial charge < -0.3 is 5.32 Å². The number of para-hydroxylation sites is 2. The van der Waals surface area contributed by atoms with Crippen molar-refractivity contribution in [1.29, 1.82) is 0 Å². The number of aromatic nitrogens is 1. The molecule has 0 atom stereocenters. The molecule has 0 spiro atoms. The monoisotopic (exact) mass is 470 g/mol. The van der Waals surface area contributed by atoms with Gasteiger partial charge in [0.05, 0.1) is 26.5 Å². The third-order valence-corrected chi connectivity index (χ3v) is 6.75. The zero-order chi connectivity index (χ0) is 23.7. The molecule has 4 aromatic carbocycles. The minimum Gasteiger partial charge on any atom is -0.354 e. The molecule has 0 amide bonds. The smallest absolute Gasteiger partial charge is 0.269 e. The van der Waals surface area contributed by atoms with E-state index in [9.17, 15) is 18.5 Å². The summed E-state index contributed by atoms with van der Waals surface area (Å²) in [5.74, 6) is 0. The summed E-state index contributed by atoms with van der Waals surface area (Å²) in [5.41, 5.74) is 3.63. The second-order valence-electron chi connectivity index (χ2n) is 7.58. The zero-order valence-electron chi connectivity index (χ0n) is 17.7. The average Bonchev–Trinajstić information content (AvgIpc) is 2.85. The van der Waals surface area contributed by atoms with Crippen LogP contribution in [0.5, 0.6) is 0 Å². The normalized spacial score (nSPS) is 11.4. The second-order valence-corrected chi connectivity index (χ2v) is 9.26. The van der Waals surface area contributed by atoms with Crippen molar-refractivity contribution in [3.63, 3.8) is 0 Å². The Bertz CT molecular complexity index is 1580. The van der Waals surface area contributed by atoms with Crippen LogP contribution in [0.25, 0.3) is 21.8 Å². The highest BCUT2D eigenvalue weighted by Gasteiger charge is 2.16. The van der Waals surface area contributed by atoms with Crippen LogP contribution >= 0.6 is 0 Å². The summed E-state index contributed by atoms with van der Waals surface area (Å²) in [7, 11) is -3.89. The molecule has 0 aliphatic carbocycles. The van der Waals surface area contributed by atoms with Crippen LogP contribution in [0.1, 0.15) is 0 Å². The quantitative estimate of drug-likeness (QED) is 0.183. The SMILES string of the molecule is O=[N+]([O-])c1ccc(S(=O)(=O)Nc2ccc(Nc3c4ccccc4nc4ccccc34)cc2)cc1. The van der Waals surface area contributed by atoms with Crippen LogP contribution in [0.15, 0.2) is 102 Å². The van der Waals surface area contributed by atoms with E-state index >= 15 is 0 Å². The Balaban J connectivity index is 1.42. The first kappa shape index (κ1) is 21.4. The van der Waals surface area contributed by atoms with Crippen molar-refractivity contribution < 1.29 is 13.3 Å². The van der Waals surface area contributed by atoms with E-state index in [1.54, 1.807) is 24.3 Å². The van der Waals surface area contributed by atoms with Gasteiger partial charge in [-0.05, 0) is 48.5 Å². The summed E-state index contributed by atoms with van der Waals surface area (Å²) in [5, 5.41) is 16.2. The second kappa shape index (κ2) is 8.45. The number of benzene rings is 4. The highest BCUT2D eigenvalue weighted by molar-refractivity contribution is 7.92. The molecule has 0 saturated heterocycles. The first-order valence-corrected chi connectivity index (χ1v) is 11.8. The first-order chi connectivity index (χ1) is 16.4. The van der Waals surface area contributed by atoms with E-state index in [0.717, 1.165) is 45.3 Å². The molecule has 5 rings (SSSR count). The van der Waals surface area contributed by atoms with E-state index < -0.39 is 14.9 Å². The number of pyridine rings is 1. The number of rotatable bonds is 6. The Morgan fingerprint density at radius 1 is 0.706 bits per heavy atom. The lowest BCUT2D eigenvalue weighted by Crippen LogP contribution is -2.12. The van der Waals surface area contributed by atoms with Crippen molar-refractivity contribution >= 4 is 54.6 Å². The predicted octanol–water partition coefficient (Wildman–Crippen LogP) is 5.84. The fraction of sp³-hybridized carbons (Fsp3) is 0. The van der Waals surface area contributed by atoms with Crippen molar-refractivity contribution in [3.05, 3.63) is 107 Å². The molecule has 168 valence electrons. The number of hydrogen-bond donors (Lipinski definition) is 2. The van der Waals surface area contributed by atoms with Crippen molar-refractivity contribution in [2.24, 2.45) is 0 Å². The molecule has 34 heavy (non-hydrogen) atoms. The average molecular weight is 471 g/mol. The highest BCUT2D eigenvalue weighted by atomic mass is 32.2. The molecule has 0 radical (unpaired) electrons. The van der Waals surface area contributed by atoms with Crippen LogP contribution in [0.4, 0.5) is 22.7 Å². The first-order valence-electron chi connectivity index (χ1n) is 10.3. The minimum atomic E-state index is -3.89. The maximum Gasteiger partial charge on any atom is 0.269 e. The lowest BCUT2D eigenvalue weighted by Gasteiger charge is -2.14. The molecule has 0 aliphatic heterocycles. The Labute approximate surface area is 195 Å². The van der Waals surface area contributed by atoms with Gasteiger partial charge in [0.2, 0.25) is 0 Å². The third-order valence-electron chi connectivity index (χ3n) is 5.35. The van der Waals surface area contributed by atoms with Gasteiger partial charge in [-0.2, -0.15) is 0 Å². The van der Waals surface area contributed by atoms with Crippen molar-refractivity contribution in [2.75, 3.05) is 10.0 Å². The Hall–Kier alpha value is -4.50. The standard InChI is InChI=1S/C25H18N4O4S/c30-29(31)19-13-15-20(16-14-19)34(32,33)28-18-11-9-17(10-12-18)26-25-21-5-1-3-7-23(21)27-24-8-4-2-6-22(24)25/h1-16,28H,(H,26,27). The van der Waals surface area contributed by atoms with E-state index in [1.165, 1.54) is 12.1 Å². The Morgan fingerprint density at radius 2 is 1.24 bits per heavy atom. The van der Waals surface area contributed by atoms with Gasteiger partial charge in [0.1, 0.15) is 0 Å². The van der Waals surface area contributed by atoms with Gasteiger partial charge in [0.15, 0.2) is 0 Å². The minimum absolute atomic E-state index is 0.0602. The van der Waals surface area contributed by atoms with E-state index in [1.807, 2.05) is 48.5 Å². The summed E-state index contributed by atoms with van der Waals surface area (Å²) in [6.07, 6.45) is 0. The van der Waals surface area contributed by atoms with Gasteiger partial charge >= 0.3 is 0 Å². The fourth-order valence-corrected chi connectivity index (χ4v) is 4.76. The van der Waals surface area contributed by atoms with E-state index in [2.05, 4.69) is 10.0 Å². The van der Waals surface area contributed by atoms with Gasteiger partial charge in [0.25, 0.3) is 15.7 Å². The predicted molar refractivity (Wildman–Crippen MR) is 133 cm³/mol. The summed E-state index contributed by atoms with van der Waals surface area (Å²) in [4.78, 5) is 14.9. The molecule has 1 aromatic heterocycles. The molecular weight excluding hydrogens is 452 g/mol. The Kier molecular flexibility index (Phi) is 5.31. The molecule has 0 fully saturated rings. The number of anilines is 3. The molecule has 9 heteroatoms. The molecule has 5 aromatic rings. The van der Waals surface area contributed by atoms with Crippen molar-refractivity contribution in [1.82, 2.24) is 4.98 Å². The number of nitrogens with one attached hydrogen (secondary N) is 2. The summed E-state index contributed by atoms with van der Waals surface area (Å²) in [6.45, 7) is 0. The van der Waals surface area contributed by atoms with Crippen LogP contribution < -0.4 is 10.0 Å². The van der Waals surface area contributed by atoms with E-state index in [0.29, 0.717) is 5.69 Å². The van der Waals surface area contributed by atoms with Crippen LogP contribution in [-0.4, -0.2) is 18.3 Å². The zero-order valence-corrected chi connectivity index (χ0v) is 18.5. The number of sulfonamides is 1. The lowest BCUT2D eigenvalue weighted by atomic mass is 10.1. The fourth-order valence-electron chi connectivity index (χ4n) is 3.70. The largest absolute Gasteiger partial charge is 0.354 e. The van der Waals surface area contributed by atoms with Crippen molar-refractivity contribution in [3.8, 4) is 0 Å². The molecule has 0 bridgehead atoms. The molecule has 0 aliphatic rings. The number of nitro groups is 1. The molecule has 0 unspecified atom stereocenters. The Morgan fingerprint density at radius 3 is 1.79 bits per heavy atom. The van der Waals surface area contributed by atoms with Crippen LogP contribution in [0.2, 0.25) is 0 Å². The number of non-ortho nitro benzene ring substituents is 1. The molecule has 2 N–H and O–H groups in total. The maximum atomic E-state index is 12.6. The highest BCUT2D eigenvalue weighted by Crippen LogP contribution is 2.33. The number of nitrogens with zero attached hydrogens (tertiary/aromatic N) is 2. The summed E-state index contributed by atoms with van der Waals surface area (Å²) >= 11 is 0. The molecule has 8 nitrogen and oxygen atoms in total. The van der Waals surface area contributed by atoms with Crippen molar-refractivity contribution in [2.45, 2.75) is 4.90 Å². The molecular formula is C25H18N4O4S. The van der Waals surface area contributed by atoms with Crippen LogP contribution in [0.3, 0.4) is 0 Å². The van der Waals surface area contributed by atoms with E-state index in [4.69, 9.17) is 4.98 Å². The summed E-state index contributed by atoms with van der Waals surface area (Å²) < 4.78 is 27.8. The topological polar surface area (TPSA) is 114 Å². The van der Waals surface area contributed by atoms with Gasteiger partial charge in [-0.1, -0.05) is 36.4 Å². The van der Waals surface area contributed by atoms with E-state index in [-0.39, 0.29) is 10.6 Å². The van der Waals surface area contributed by atoms with Gasteiger partial charge in [-0.15, -0.1) is 0 Å². The van der Waals surface area contributed by atoms with Crippen LogP contribution in [-0.2, 0) is 10.0 Å². The third kappa shape index (κ3) is 4.12. The van der Waals surface area contributed by atoms with Crippen LogP contribution in [0, 0.1) is 10.1 Å². The number of fused-ring (bicyclic) bond motifs is 2. The lowest BCUT2D eigenvalue weighted by molar-refractivity contribution is -0.384. The molecule has 0 saturated carbocycles. The maximum absolute atomic E-state index is 12.6. The van der Waals surface area contributed by atoms with Gasteiger partial charge in [-0.25, -0.2) is 13.4 Å². The van der Waals surface area contributed by atoms with Gasteiger partial charge in [0, 0.05) is 34.3 Å². The number of nitro benzene ring substituents is 1. The number of hydrogen-bond acceptors (Lipinski definition) is 6. The van der Waals surface area contributed by atoms with Gasteiger partial charge in [-0.3, -0.25) is 14.8 Å².